The van der Waals surface area contributed by atoms with E-state index in [1.807, 2.05) is 4.90 Å². The third-order valence-corrected chi connectivity index (χ3v) is 6.43. The van der Waals surface area contributed by atoms with Gasteiger partial charge < -0.3 is 5.32 Å². The Hall–Kier alpha value is -3.79. The lowest BCUT2D eigenvalue weighted by molar-refractivity contribution is -0.138. The van der Waals surface area contributed by atoms with E-state index in [2.05, 4.69) is 37.5 Å². The van der Waals surface area contributed by atoms with Crippen LogP contribution < -0.4 is 10.6 Å². The molecule has 1 amide bonds. The average Bonchev–Trinajstić information content (AvgIpc) is 3.49. The number of imidazole rings is 1. The number of carbonyl (C=O) groups excluding carboxylic acids is 1. The number of piperazine rings is 1. The first-order valence-electron chi connectivity index (χ1n) is 11.1. The summed E-state index contributed by atoms with van der Waals surface area (Å²) in [6.07, 6.45) is 0.142. The molecule has 0 unspecified atom stereocenters. The van der Waals surface area contributed by atoms with Gasteiger partial charge in [-0.1, -0.05) is 17.4 Å². The summed E-state index contributed by atoms with van der Waals surface area (Å²) in [5.41, 5.74) is 0.503. The van der Waals surface area contributed by atoms with Gasteiger partial charge in [-0.25, -0.2) is 14.5 Å². The minimum Gasteiger partial charge on any atom is -0.314 e. The SMILES string of the molecule is O=C(Nc1ncc(C#Cc2cnc3cccnn23)s1)c1ccc(CN2CCNCC2)c(C(F)(F)F)c1. The lowest BCUT2D eigenvalue weighted by Crippen LogP contribution is -2.43. The number of nitrogens with one attached hydrogen (secondary N) is 2. The molecule has 1 saturated heterocycles. The Morgan fingerprint density at radius 3 is 2.78 bits per heavy atom. The molecule has 184 valence electrons. The van der Waals surface area contributed by atoms with Crippen molar-refractivity contribution in [1.29, 1.82) is 0 Å². The van der Waals surface area contributed by atoms with Crippen molar-refractivity contribution in [2.75, 3.05) is 31.5 Å². The fourth-order valence-electron chi connectivity index (χ4n) is 3.83. The molecule has 5 rings (SSSR count). The van der Waals surface area contributed by atoms with E-state index in [4.69, 9.17) is 0 Å². The van der Waals surface area contributed by atoms with Gasteiger partial charge in [0.15, 0.2) is 10.8 Å². The van der Waals surface area contributed by atoms with Crippen molar-refractivity contribution in [1.82, 2.24) is 29.8 Å². The maximum Gasteiger partial charge on any atom is 0.416 e. The monoisotopic (exact) mass is 511 g/mol. The highest BCUT2D eigenvalue weighted by atomic mass is 32.1. The molecule has 0 radical (unpaired) electrons. The molecule has 4 heterocycles. The molecular formula is C24H20F3N7OS. The largest absolute Gasteiger partial charge is 0.416 e. The van der Waals surface area contributed by atoms with E-state index in [-0.39, 0.29) is 22.8 Å². The number of fused-ring (bicyclic) bond motifs is 1. The van der Waals surface area contributed by atoms with Crippen LogP contribution in [0.1, 0.15) is 32.1 Å². The second kappa shape index (κ2) is 10.1. The van der Waals surface area contributed by atoms with Crippen molar-refractivity contribution in [3.8, 4) is 11.8 Å². The van der Waals surface area contributed by atoms with Crippen LogP contribution in [0.2, 0.25) is 0 Å². The Labute approximate surface area is 208 Å². The van der Waals surface area contributed by atoms with Gasteiger partial charge in [0.1, 0.15) is 5.69 Å². The molecule has 4 aromatic rings. The predicted molar refractivity (Wildman–Crippen MR) is 129 cm³/mol. The number of benzene rings is 1. The van der Waals surface area contributed by atoms with E-state index in [9.17, 15) is 18.0 Å². The molecule has 0 saturated carbocycles. The zero-order valence-corrected chi connectivity index (χ0v) is 19.7. The number of halogens is 3. The van der Waals surface area contributed by atoms with Crippen molar-refractivity contribution < 1.29 is 18.0 Å². The number of alkyl halides is 3. The molecule has 0 aliphatic carbocycles. The summed E-state index contributed by atoms with van der Waals surface area (Å²) in [4.78, 5) is 23.6. The first kappa shape index (κ1) is 23.9. The van der Waals surface area contributed by atoms with Gasteiger partial charge in [0.05, 0.1) is 22.8 Å². The van der Waals surface area contributed by atoms with Crippen LogP contribution in [0, 0.1) is 11.8 Å². The highest BCUT2D eigenvalue weighted by Gasteiger charge is 2.34. The summed E-state index contributed by atoms with van der Waals surface area (Å²) in [5, 5.41) is 10.2. The summed E-state index contributed by atoms with van der Waals surface area (Å²) in [6, 6.07) is 7.27. The Bertz CT molecular complexity index is 1460. The normalized spacial score (nSPS) is 14.4. The smallest absolute Gasteiger partial charge is 0.314 e. The van der Waals surface area contributed by atoms with Crippen LogP contribution in [0.4, 0.5) is 18.3 Å². The minimum atomic E-state index is -4.57. The van der Waals surface area contributed by atoms with Crippen LogP contribution in [0.25, 0.3) is 5.65 Å². The lowest BCUT2D eigenvalue weighted by Gasteiger charge is -2.28. The Morgan fingerprint density at radius 1 is 1.14 bits per heavy atom. The van der Waals surface area contributed by atoms with E-state index in [1.54, 1.807) is 29.0 Å². The Kier molecular flexibility index (Phi) is 6.69. The van der Waals surface area contributed by atoms with Gasteiger partial charge in [0.2, 0.25) is 0 Å². The van der Waals surface area contributed by atoms with Crippen molar-refractivity contribution in [2.24, 2.45) is 0 Å². The first-order valence-corrected chi connectivity index (χ1v) is 11.9. The number of carbonyl (C=O) groups is 1. The van der Waals surface area contributed by atoms with Crippen LogP contribution in [0.15, 0.2) is 48.9 Å². The zero-order valence-electron chi connectivity index (χ0n) is 18.8. The molecule has 2 N–H and O–H groups in total. The highest BCUT2D eigenvalue weighted by Crippen LogP contribution is 2.33. The van der Waals surface area contributed by atoms with Crippen LogP contribution >= 0.6 is 11.3 Å². The standard InChI is InChI=1S/C24H20F3N7OS/c25-24(26,27)20-12-16(3-4-17(20)15-33-10-8-28-9-11-33)22(35)32-23-30-14-19(36-23)6-5-18-13-29-21-2-1-7-31-34(18)21/h1-4,7,12-14,28H,8-11,15H2,(H,30,32,35). The maximum atomic E-state index is 13.8. The fourth-order valence-corrected chi connectivity index (χ4v) is 4.49. The number of hydrogen-bond acceptors (Lipinski definition) is 7. The quantitative estimate of drug-likeness (QED) is 0.409. The van der Waals surface area contributed by atoms with Crippen molar-refractivity contribution in [2.45, 2.75) is 12.7 Å². The predicted octanol–water partition coefficient (Wildman–Crippen LogP) is 3.26. The van der Waals surface area contributed by atoms with Gasteiger partial charge >= 0.3 is 6.18 Å². The molecule has 1 aromatic carbocycles. The van der Waals surface area contributed by atoms with Gasteiger partial charge in [-0.05, 0) is 41.7 Å². The van der Waals surface area contributed by atoms with E-state index in [1.165, 1.54) is 18.3 Å². The number of hydrogen-bond donors (Lipinski definition) is 2. The topological polar surface area (TPSA) is 87.5 Å². The average molecular weight is 512 g/mol. The van der Waals surface area contributed by atoms with Crippen LogP contribution in [0.3, 0.4) is 0 Å². The summed E-state index contributed by atoms with van der Waals surface area (Å²) >= 11 is 1.12. The van der Waals surface area contributed by atoms with E-state index in [0.29, 0.717) is 29.3 Å². The molecule has 0 bridgehead atoms. The molecule has 12 heteroatoms. The molecule has 0 spiro atoms. The van der Waals surface area contributed by atoms with Gasteiger partial charge in [-0.3, -0.25) is 15.0 Å². The third-order valence-electron chi connectivity index (χ3n) is 5.60. The number of anilines is 1. The molecule has 8 nitrogen and oxygen atoms in total. The summed E-state index contributed by atoms with van der Waals surface area (Å²) in [5.74, 6) is 5.23. The van der Waals surface area contributed by atoms with Crippen LogP contribution in [0.5, 0.6) is 0 Å². The van der Waals surface area contributed by atoms with Crippen LogP contribution in [-0.2, 0) is 12.7 Å². The molecule has 3 aromatic heterocycles. The van der Waals surface area contributed by atoms with E-state index in [0.717, 1.165) is 30.5 Å². The van der Waals surface area contributed by atoms with Gasteiger partial charge in [-0.15, -0.1) is 0 Å². The Balaban J connectivity index is 1.30. The lowest BCUT2D eigenvalue weighted by atomic mass is 10.0. The summed E-state index contributed by atoms with van der Waals surface area (Å²) in [7, 11) is 0. The summed E-state index contributed by atoms with van der Waals surface area (Å²) in [6.45, 7) is 2.98. The number of aromatic nitrogens is 4. The zero-order chi connectivity index (χ0) is 25.1. The Morgan fingerprint density at radius 2 is 1.97 bits per heavy atom. The number of rotatable bonds is 4. The second-order valence-corrected chi connectivity index (χ2v) is 9.10. The van der Waals surface area contributed by atoms with Gasteiger partial charge in [0.25, 0.3) is 5.91 Å². The fraction of sp³-hybridized carbons (Fsp3) is 0.250. The number of nitrogens with zero attached hydrogens (tertiary/aromatic N) is 5. The van der Waals surface area contributed by atoms with Crippen molar-refractivity contribution >= 4 is 28.0 Å². The van der Waals surface area contributed by atoms with Crippen molar-refractivity contribution in [3.63, 3.8) is 0 Å². The summed E-state index contributed by atoms with van der Waals surface area (Å²) < 4.78 is 42.9. The number of thiazole rings is 1. The molecule has 1 aliphatic rings. The molecule has 1 aliphatic heterocycles. The van der Waals surface area contributed by atoms with Crippen molar-refractivity contribution in [3.05, 3.63) is 76.2 Å². The molecule has 1 fully saturated rings. The first-order chi connectivity index (χ1) is 17.4. The van der Waals surface area contributed by atoms with Gasteiger partial charge in [0, 0.05) is 44.5 Å². The van der Waals surface area contributed by atoms with Crippen LogP contribution in [-0.4, -0.2) is 56.6 Å². The molecular weight excluding hydrogens is 491 g/mol. The maximum absolute atomic E-state index is 13.8. The third kappa shape index (κ3) is 5.38. The molecule has 36 heavy (non-hydrogen) atoms. The minimum absolute atomic E-state index is 0.0916. The van der Waals surface area contributed by atoms with E-state index >= 15 is 0 Å². The molecule has 0 atom stereocenters. The number of amides is 1. The van der Waals surface area contributed by atoms with Gasteiger partial charge in [-0.2, -0.15) is 18.3 Å². The highest BCUT2D eigenvalue weighted by molar-refractivity contribution is 7.16. The second-order valence-electron chi connectivity index (χ2n) is 8.07. The van der Waals surface area contributed by atoms with E-state index < -0.39 is 17.6 Å².